The summed E-state index contributed by atoms with van der Waals surface area (Å²) >= 11 is 1.91. The first-order valence-corrected chi connectivity index (χ1v) is 11.7. The predicted molar refractivity (Wildman–Crippen MR) is 124 cm³/mol. The highest BCUT2D eigenvalue weighted by Crippen LogP contribution is 2.37. The number of halogens is 1. The lowest BCUT2D eigenvalue weighted by Crippen LogP contribution is -2.56. The van der Waals surface area contributed by atoms with Crippen LogP contribution in [0.1, 0.15) is 74.7 Å². The van der Waals surface area contributed by atoms with Crippen molar-refractivity contribution in [3.8, 4) is 0 Å². The minimum Gasteiger partial charge on any atom is -0.459 e. The topological polar surface area (TPSA) is 99.4 Å². The second-order valence-corrected chi connectivity index (χ2v) is 10.1. The molecule has 1 aliphatic heterocycles. The number of carbonyl (C=O) groups is 1. The molecule has 1 heterocycles. The van der Waals surface area contributed by atoms with E-state index in [1.54, 1.807) is 0 Å². The van der Waals surface area contributed by atoms with Crippen molar-refractivity contribution in [1.82, 2.24) is 0 Å². The second-order valence-electron chi connectivity index (χ2n) is 9.67. The van der Waals surface area contributed by atoms with Crippen LogP contribution in [-0.2, 0) is 9.53 Å². The minimum atomic E-state index is -1.62. The summed E-state index contributed by atoms with van der Waals surface area (Å²) in [4.78, 5) is 12.7. The van der Waals surface area contributed by atoms with Gasteiger partial charge in [-0.05, 0) is 50.9 Å². The molecule has 6 nitrogen and oxygen atoms in total. The third-order valence-corrected chi connectivity index (χ3v) is 7.66. The molecule has 9 atom stereocenters. The number of aliphatic hydroxyl groups is 3. The number of ether oxygens (including phenoxy) is 1. The summed E-state index contributed by atoms with van der Waals surface area (Å²) < 4.78 is 10.0. The number of hydrogen-bond donors (Lipinski definition) is 3. The monoisotopic (exact) mass is 525 g/mol. The molecule has 0 aromatic heterocycles. The second kappa shape index (κ2) is 10.4. The number of rotatable bonds is 1. The largest absolute Gasteiger partial charge is 0.459 e. The fraction of sp³-hybridized carbons (Fsp3) is 0.909. The SMILES string of the molecule is CC[C@H]1OC(=O)[C@H](C)C[C@H](C)[C@@H](C)[C@](C)(O)C[C@@H](C)/C(=N\I)[C@H](C)[C@@H](O)[C@]1(C)O. The third kappa shape index (κ3) is 6.14. The van der Waals surface area contributed by atoms with Gasteiger partial charge >= 0.3 is 5.97 Å². The van der Waals surface area contributed by atoms with Crippen LogP contribution in [0.25, 0.3) is 0 Å². The normalized spacial score (nSPS) is 47.5. The number of esters is 1. The van der Waals surface area contributed by atoms with Gasteiger partial charge in [0.05, 0.1) is 40.5 Å². The summed E-state index contributed by atoms with van der Waals surface area (Å²) in [5.74, 6) is -1.23. The number of carbonyl (C=O) groups excluding carboxylic acids is 1. The molecule has 0 unspecified atom stereocenters. The molecular weight excluding hydrogens is 485 g/mol. The molecule has 0 radical (unpaired) electrons. The molecule has 0 amide bonds. The highest BCUT2D eigenvalue weighted by Gasteiger charge is 2.46. The number of hydrogen-bond acceptors (Lipinski definition) is 6. The molecule has 29 heavy (non-hydrogen) atoms. The van der Waals surface area contributed by atoms with Crippen LogP contribution in [0.3, 0.4) is 0 Å². The third-order valence-electron chi connectivity index (χ3n) is 7.10. The first kappa shape index (κ1) is 26.8. The van der Waals surface area contributed by atoms with Crippen LogP contribution < -0.4 is 0 Å². The number of aliphatic hydroxyl groups excluding tert-OH is 1. The fourth-order valence-corrected chi connectivity index (χ4v) is 5.64. The Hall–Kier alpha value is -0.250. The van der Waals surface area contributed by atoms with Gasteiger partial charge in [-0.1, -0.05) is 41.5 Å². The Balaban J connectivity index is 3.42. The Kier molecular flexibility index (Phi) is 9.58. The van der Waals surface area contributed by atoms with E-state index in [2.05, 4.69) is 3.21 Å². The summed E-state index contributed by atoms with van der Waals surface area (Å²) in [7, 11) is 0. The smallest absolute Gasteiger partial charge is 0.309 e. The van der Waals surface area contributed by atoms with Crippen molar-refractivity contribution in [3.05, 3.63) is 0 Å². The van der Waals surface area contributed by atoms with Gasteiger partial charge in [-0.25, -0.2) is 3.21 Å². The molecule has 0 saturated carbocycles. The van der Waals surface area contributed by atoms with E-state index in [0.29, 0.717) is 19.3 Å². The molecule has 0 spiro atoms. The Morgan fingerprint density at radius 1 is 1.14 bits per heavy atom. The van der Waals surface area contributed by atoms with Crippen LogP contribution in [-0.4, -0.2) is 50.4 Å². The molecule has 1 aliphatic rings. The first-order chi connectivity index (χ1) is 13.2. The maximum absolute atomic E-state index is 12.7. The lowest BCUT2D eigenvalue weighted by Gasteiger charge is -2.42. The predicted octanol–water partition coefficient (Wildman–Crippen LogP) is 3.94. The van der Waals surface area contributed by atoms with Gasteiger partial charge in [0.2, 0.25) is 0 Å². The highest BCUT2D eigenvalue weighted by atomic mass is 127. The zero-order valence-corrected chi connectivity index (χ0v) is 21.3. The quantitative estimate of drug-likeness (QED) is 0.356. The van der Waals surface area contributed by atoms with E-state index in [0.717, 1.165) is 5.71 Å². The standard InChI is InChI=1S/C22H40INO5/c1-9-17-22(8,28)19(25)15(5)18(24-23)14(4)11-21(7,27)16(6)12(2)10-13(3)20(26)29-17/h12-17,19,25,27-28H,9-11H2,1-8H3/b24-18+/t12-,13+,14+,15-,16+,17+,19+,21+,22+/m0/s1. The molecule has 3 N–H and O–H groups in total. The van der Waals surface area contributed by atoms with Crippen LogP contribution in [0.15, 0.2) is 3.21 Å². The Morgan fingerprint density at radius 2 is 1.69 bits per heavy atom. The molecule has 0 bridgehead atoms. The van der Waals surface area contributed by atoms with Gasteiger partial charge in [0, 0.05) is 11.6 Å². The zero-order chi connectivity index (χ0) is 22.7. The summed E-state index contributed by atoms with van der Waals surface area (Å²) in [6.45, 7) is 14.9. The van der Waals surface area contributed by atoms with E-state index >= 15 is 0 Å². The van der Waals surface area contributed by atoms with Gasteiger partial charge in [0.15, 0.2) is 0 Å². The van der Waals surface area contributed by atoms with Crippen molar-refractivity contribution in [2.75, 3.05) is 0 Å². The van der Waals surface area contributed by atoms with E-state index in [4.69, 9.17) is 4.74 Å². The van der Waals surface area contributed by atoms with Gasteiger partial charge in [-0.2, -0.15) is 0 Å². The Bertz CT molecular complexity index is 592. The molecule has 7 heteroatoms. The maximum Gasteiger partial charge on any atom is 0.309 e. The Labute approximate surface area is 190 Å². The molecular formula is C22H40INO5. The van der Waals surface area contributed by atoms with Crippen molar-refractivity contribution in [1.29, 1.82) is 0 Å². The van der Waals surface area contributed by atoms with E-state index in [-0.39, 0.29) is 29.6 Å². The van der Waals surface area contributed by atoms with Gasteiger partial charge in [-0.3, -0.25) is 4.79 Å². The highest BCUT2D eigenvalue weighted by molar-refractivity contribution is 14.1. The first-order valence-electron chi connectivity index (χ1n) is 10.7. The molecule has 0 aliphatic carbocycles. The van der Waals surface area contributed by atoms with Crippen molar-refractivity contribution in [2.45, 2.75) is 98.1 Å². The number of cyclic esters (lactones) is 1. The molecule has 1 fully saturated rings. The molecule has 0 aromatic rings. The van der Waals surface area contributed by atoms with Crippen molar-refractivity contribution in [2.24, 2.45) is 32.8 Å². The summed E-state index contributed by atoms with van der Waals surface area (Å²) in [5.41, 5.74) is -1.86. The molecule has 0 aromatic carbocycles. The van der Waals surface area contributed by atoms with Gasteiger partial charge < -0.3 is 20.1 Å². The van der Waals surface area contributed by atoms with Crippen molar-refractivity contribution >= 4 is 34.5 Å². The molecule has 1 rings (SSSR count). The summed E-state index contributed by atoms with van der Waals surface area (Å²) in [6, 6.07) is 0. The van der Waals surface area contributed by atoms with Crippen LogP contribution in [0, 0.1) is 29.6 Å². The molecule has 1 saturated heterocycles. The van der Waals surface area contributed by atoms with E-state index in [1.807, 2.05) is 71.3 Å². The maximum atomic E-state index is 12.7. The van der Waals surface area contributed by atoms with Gasteiger partial charge in [0.25, 0.3) is 0 Å². The average Bonchev–Trinajstić information content (AvgIpc) is 2.63. The van der Waals surface area contributed by atoms with Crippen molar-refractivity contribution < 1.29 is 24.9 Å². The fourth-order valence-electron chi connectivity index (χ4n) is 4.72. The van der Waals surface area contributed by atoms with E-state index < -0.39 is 29.3 Å². The zero-order valence-electron chi connectivity index (χ0n) is 19.1. The van der Waals surface area contributed by atoms with Crippen LogP contribution in [0.5, 0.6) is 0 Å². The lowest BCUT2D eigenvalue weighted by molar-refractivity contribution is -0.186. The summed E-state index contributed by atoms with van der Waals surface area (Å²) in [5, 5.41) is 33.4. The van der Waals surface area contributed by atoms with E-state index in [9.17, 15) is 20.1 Å². The van der Waals surface area contributed by atoms with Crippen LogP contribution in [0.4, 0.5) is 0 Å². The van der Waals surface area contributed by atoms with Crippen molar-refractivity contribution in [3.63, 3.8) is 0 Å². The average molecular weight is 525 g/mol. The number of nitrogens with zero attached hydrogens (tertiary/aromatic N) is 1. The molecule has 170 valence electrons. The minimum absolute atomic E-state index is 0.0380. The van der Waals surface area contributed by atoms with Crippen LogP contribution in [0.2, 0.25) is 0 Å². The van der Waals surface area contributed by atoms with E-state index in [1.165, 1.54) is 6.92 Å². The van der Waals surface area contributed by atoms with Gasteiger partial charge in [-0.15, -0.1) is 0 Å². The van der Waals surface area contributed by atoms with Crippen LogP contribution >= 0.6 is 22.9 Å². The van der Waals surface area contributed by atoms with Gasteiger partial charge in [0.1, 0.15) is 11.7 Å². The lowest BCUT2D eigenvalue weighted by atomic mass is 9.71. The summed E-state index contributed by atoms with van der Waals surface area (Å²) in [6.07, 6.45) is -0.539. The Morgan fingerprint density at radius 3 is 2.17 bits per heavy atom.